The van der Waals surface area contributed by atoms with Crippen LogP contribution in [0.3, 0.4) is 0 Å². The number of benzene rings is 2. The van der Waals surface area contributed by atoms with Gasteiger partial charge < -0.3 is 19.5 Å². The van der Waals surface area contributed by atoms with Crippen LogP contribution >= 0.6 is 0 Å². The summed E-state index contributed by atoms with van der Waals surface area (Å²) in [4.78, 5) is 25.2. The van der Waals surface area contributed by atoms with E-state index in [4.69, 9.17) is 14.6 Å². The Morgan fingerprint density at radius 1 is 1.08 bits per heavy atom. The number of carbonyl (C=O) groups excluding carboxylic acids is 1. The molecule has 6 heteroatoms. The lowest BCUT2D eigenvalue weighted by atomic mass is 10.1. The van der Waals surface area contributed by atoms with Crippen molar-refractivity contribution in [2.75, 3.05) is 20.3 Å². The van der Waals surface area contributed by atoms with Crippen LogP contribution in [0.5, 0.6) is 11.5 Å². The summed E-state index contributed by atoms with van der Waals surface area (Å²) in [5, 5.41) is 9.13. The van der Waals surface area contributed by atoms with Crippen LogP contribution in [-0.2, 0) is 11.3 Å². The monoisotopic (exact) mass is 343 g/mol. The highest BCUT2D eigenvalue weighted by Crippen LogP contribution is 2.28. The first kappa shape index (κ1) is 18.3. The van der Waals surface area contributed by atoms with E-state index in [0.29, 0.717) is 23.7 Å². The number of hydrogen-bond acceptors (Lipinski definition) is 4. The summed E-state index contributed by atoms with van der Waals surface area (Å²) in [6, 6.07) is 14.1. The van der Waals surface area contributed by atoms with Crippen molar-refractivity contribution in [3.05, 3.63) is 59.7 Å². The predicted molar refractivity (Wildman–Crippen MR) is 93.0 cm³/mol. The van der Waals surface area contributed by atoms with Crippen LogP contribution in [0.1, 0.15) is 22.8 Å². The number of nitrogens with zero attached hydrogens (tertiary/aromatic N) is 1. The number of rotatable bonds is 8. The zero-order valence-electron chi connectivity index (χ0n) is 14.3. The van der Waals surface area contributed by atoms with Crippen LogP contribution in [0.4, 0.5) is 0 Å². The Bertz CT molecular complexity index is 730. The molecule has 0 saturated heterocycles. The van der Waals surface area contributed by atoms with Crippen molar-refractivity contribution in [2.45, 2.75) is 13.5 Å². The molecule has 0 radical (unpaired) electrons. The van der Waals surface area contributed by atoms with Gasteiger partial charge in [0.2, 0.25) is 0 Å². The quantitative estimate of drug-likeness (QED) is 0.798. The summed E-state index contributed by atoms with van der Waals surface area (Å²) in [5.74, 6) is -0.480. The van der Waals surface area contributed by atoms with Crippen molar-refractivity contribution >= 4 is 11.9 Å². The lowest BCUT2D eigenvalue weighted by Crippen LogP contribution is -2.35. The molecule has 0 bridgehead atoms. The van der Waals surface area contributed by atoms with E-state index in [1.165, 1.54) is 12.0 Å². The highest BCUT2D eigenvalue weighted by molar-refractivity contribution is 5.96. The zero-order valence-corrected chi connectivity index (χ0v) is 14.3. The van der Waals surface area contributed by atoms with Crippen molar-refractivity contribution in [1.82, 2.24) is 4.90 Å². The normalized spacial score (nSPS) is 10.2. The molecular formula is C19H21NO5. The number of amides is 1. The Kier molecular flexibility index (Phi) is 6.39. The van der Waals surface area contributed by atoms with Crippen molar-refractivity contribution < 1.29 is 24.2 Å². The lowest BCUT2D eigenvalue weighted by Gasteiger charge is -2.21. The molecule has 0 spiro atoms. The second kappa shape index (κ2) is 8.73. The Morgan fingerprint density at radius 3 is 2.40 bits per heavy atom. The van der Waals surface area contributed by atoms with Crippen LogP contribution in [-0.4, -0.2) is 42.1 Å². The molecule has 2 aromatic carbocycles. The number of carboxylic acid groups (broad SMARTS) is 1. The molecule has 2 aromatic rings. The minimum atomic E-state index is -1.07. The van der Waals surface area contributed by atoms with Crippen LogP contribution in [0.25, 0.3) is 0 Å². The molecule has 0 saturated carbocycles. The Morgan fingerprint density at radius 2 is 1.80 bits per heavy atom. The number of aliphatic carboxylic acids is 1. The summed E-state index contributed by atoms with van der Waals surface area (Å²) in [5.41, 5.74) is 1.20. The SMILES string of the molecule is CCOc1ccc(C(=O)N(CC(=O)O)Cc2ccccc2)cc1OC. The molecule has 25 heavy (non-hydrogen) atoms. The van der Waals surface area contributed by atoms with Gasteiger partial charge in [0.1, 0.15) is 6.54 Å². The van der Waals surface area contributed by atoms with Crippen LogP contribution in [0.2, 0.25) is 0 Å². The summed E-state index contributed by atoms with van der Waals surface area (Å²) in [6.07, 6.45) is 0. The van der Waals surface area contributed by atoms with E-state index >= 15 is 0 Å². The molecule has 6 nitrogen and oxygen atoms in total. The number of hydrogen-bond donors (Lipinski definition) is 1. The minimum absolute atomic E-state index is 0.210. The van der Waals surface area contributed by atoms with E-state index in [1.807, 2.05) is 37.3 Å². The fourth-order valence-electron chi connectivity index (χ4n) is 2.42. The van der Waals surface area contributed by atoms with Gasteiger partial charge in [0.15, 0.2) is 11.5 Å². The zero-order chi connectivity index (χ0) is 18.2. The van der Waals surface area contributed by atoms with Crippen LogP contribution in [0, 0.1) is 0 Å². The van der Waals surface area contributed by atoms with Crippen LogP contribution < -0.4 is 9.47 Å². The molecule has 0 aliphatic rings. The van der Waals surface area contributed by atoms with Crippen molar-refractivity contribution in [1.29, 1.82) is 0 Å². The number of methoxy groups -OCH3 is 1. The molecule has 0 unspecified atom stereocenters. The van der Waals surface area contributed by atoms with Gasteiger partial charge in [-0.2, -0.15) is 0 Å². The summed E-state index contributed by atoms with van der Waals surface area (Å²) >= 11 is 0. The summed E-state index contributed by atoms with van der Waals surface area (Å²) in [7, 11) is 1.49. The van der Waals surface area contributed by atoms with Gasteiger partial charge in [-0.15, -0.1) is 0 Å². The fourth-order valence-corrected chi connectivity index (χ4v) is 2.42. The molecule has 0 aliphatic carbocycles. The van der Waals surface area contributed by atoms with Gasteiger partial charge in [-0.3, -0.25) is 9.59 Å². The second-order valence-electron chi connectivity index (χ2n) is 5.34. The Balaban J connectivity index is 2.27. The molecule has 0 aliphatic heterocycles. The molecule has 132 valence electrons. The standard InChI is InChI=1S/C19H21NO5/c1-3-25-16-10-9-15(11-17(16)24-2)19(23)20(13-18(21)22)12-14-7-5-4-6-8-14/h4-11H,3,12-13H2,1-2H3,(H,21,22). The van der Waals surface area contributed by atoms with Gasteiger partial charge in [0.25, 0.3) is 5.91 Å². The number of carboxylic acids is 1. The maximum atomic E-state index is 12.8. The number of ether oxygens (including phenoxy) is 2. The molecule has 1 amide bonds. The van der Waals surface area contributed by atoms with Gasteiger partial charge in [-0.05, 0) is 30.7 Å². The first-order valence-corrected chi connectivity index (χ1v) is 7.91. The Labute approximate surface area is 146 Å². The molecule has 0 heterocycles. The third kappa shape index (κ3) is 4.97. The molecule has 1 N–H and O–H groups in total. The number of carbonyl (C=O) groups is 2. The first-order valence-electron chi connectivity index (χ1n) is 7.91. The van der Waals surface area contributed by atoms with Gasteiger partial charge in [0.05, 0.1) is 13.7 Å². The molecular weight excluding hydrogens is 322 g/mol. The maximum absolute atomic E-state index is 12.8. The fraction of sp³-hybridized carbons (Fsp3) is 0.263. The van der Waals surface area contributed by atoms with Crippen LogP contribution in [0.15, 0.2) is 48.5 Å². The van der Waals surface area contributed by atoms with E-state index in [1.54, 1.807) is 18.2 Å². The van der Waals surface area contributed by atoms with Gasteiger partial charge >= 0.3 is 5.97 Å². The van der Waals surface area contributed by atoms with Crippen molar-refractivity contribution in [3.8, 4) is 11.5 Å². The Hall–Kier alpha value is -3.02. The van der Waals surface area contributed by atoms with Gasteiger partial charge in [0, 0.05) is 12.1 Å². The van der Waals surface area contributed by atoms with E-state index in [9.17, 15) is 9.59 Å². The van der Waals surface area contributed by atoms with Crippen molar-refractivity contribution in [2.24, 2.45) is 0 Å². The molecule has 0 fully saturated rings. The molecule has 0 atom stereocenters. The third-order valence-corrected chi connectivity index (χ3v) is 3.54. The highest BCUT2D eigenvalue weighted by Gasteiger charge is 2.20. The van der Waals surface area contributed by atoms with E-state index < -0.39 is 5.97 Å². The first-order chi connectivity index (χ1) is 12.0. The van der Waals surface area contributed by atoms with Crippen molar-refractivity contribution in [3.63, 3.8) is 0 Å². The third-order valence-electron chi connectivity index (χ3n) is 3.54. The largest absolute Gasteiger partial charge is 0.493 e. The molecule has 2 rings (SSSR count). The second-order valence-corrected chi connectivity index (χ2v) is 5.34. The van der Waals surface area contributed by atoms with Gasteiger partial charge in [-0.1, -0.05) is 30.3 Å². The lowest BCUT2D eigenvalue weighted by molar-refractivity contribution is -0.137. The average molecular weight is 343 g/mol. The predicted octanol–water partition coefficient (Wildman–Crippen LogP) is 2.82. The summed E-state index contributed by atoms with van der Waals surface area (Å²) < 4.78 is 10.7. The maximum Gasteiger partial charge on any atom is 0.323 e. The highest BCUT2D eigenvalue weighted by atomic mass is 16.5. The average Bonchev–Trinajstić information content (AvgIpc) is 2.61. The molecule has 0 aromatic heterocycles. The van der Waals surface area contributed by atoms with E-state index in [2.05, 4.69) is 0 Å². The smallest absolute Gasteiger partial charge is 0.323 e. The summed E-state index contributed by atoms with van der Waals surface area (Å²) in [6.45, 7) is 2.15. The van der Waals surface area contributed by atoms with E-state index in [0.717, 1.165) is 5.56 Å². The topological polar surface area (TPSA) is 76.1 Å². The minimum Gasteiger partial charge on any atom is -0.493 e. The van der Waals surface area contributed by atoms with E-state index in [-0.39, 0.29) is 19.0 Å². The van der Waals surface area contributed by atoms with Gasteiger partial charge in [-0.25, -0.2) is 0 Å².